The minimum atomic E-state index is -0.482. The van der Waals surface area contributed by atoms with E-state index in [9.17, 15) is 5.11 Å². The van der Waals surface area contributed by atoms with E-state index in [1.54, 1.807) is 0 Å². The molecule has 0 aromatic heterocycles. The van der Waals surface area contributed by atoms with Crippen molar-refractivity contribution in [1.29, 1.82) is 0 Å². The summed E-state index contributed by atoms with van der Waals surface area (Å²) in [4.78, 5) is 0. The quantitative estimate of drug-likeness (QED) is 0.742. The van der Waals surface area contributed by atoms with Gasteiger partial charge in [-0.2, -0.15) is 0 Å². The molecule has 0 bridgehead atoms. The lowest BCUT2D eigenvalue weighted by atomic mass is 9.81. The number of para-hydroxylation sites is 1. The van der Waals surface area contributed by atoms with E-state index >= 15 is 0 Å². The van der Waals surface area contributed by atoms with Gasteiger partial charge in [-0.25, -0.2) is 0 Å². The van der Waals surface area contributed by atoms with Gasteiger partial charge in [-0.1, -0.05) is 43.9 Å². The molecule has 2 N–H and O–H groups in total. The second kappa shape index (κ2) is 4.93. The molecule has 1 aromatic rings. The van der Waals surface area contributed by atoms with E-state index in [1.807, 2.05) is 0 Å². The number of benzene rings is 1. The van der Waals surface area contributed by atoms with Crippen molar-refractivity contribution in [3.8, 4) is 0 Å². The lowest BCUT2D eigenvalue weighted by molar-refractivity contribution is 0.00283. The van der Waals surface area contributed by atoms with E-state index in [-0.39, 0.29) is 6.04 Å². The lowest BCUT2D eigenvalue weighted by Gasteiger charge is -2.39. The van der Waals surface area contributed by atoms with Gasteiger partial charge in [0.2, 0.25) is 0 Å². The summed E-state index contributed by atoms with van der Waals surface area (Å²) in [6.07, 6.45) is 9.01. The Morgan fingerprint density at radius 3 is 2.56 bits per heavy atom. The van der Waals surface area contributed by atoms with Gasteiger partial charge < -0.3 is 10.4 Å². The molecular weight excluding hydrogens is 222 g/mol. The Bertz CT molecular complexity index is 407. The summed E-state index contributed by atoms with van der Waals surface area (Å²) in [5.41, 5.74) is 2.14. The van der Waals surface area contributed by atoms with Crippen molar-refractivity contribution in [2.45, 2.75) is 63.0 Å². The Kier molecular flexibility index (Phi) is 3.29. The fourth-order valence-electron chi connectivity index (χ4n) is 3.53. The largest absolute Gasteiger partial charge is 0.388 e. The first-order valence-electron chi connectivity index (χ1n) is 7.35. The van der Waals surface area contributed by atoms with Gasteiger partial charge in [0.25, 0.3) is 0 Å². The van der Waals surface area contributed by atoms with Crippen LogP contribution in [0.15, 0.2) is 24.3 Å². The van der Waals surface area contributed by atoms with E-state index in [0.29, 0.717) is 0 Å². The number of hydrogen-bond acceptors (Lipinski definition) is 2. The van der Waals surface area contributed by atoms with Gasteiger partial charge in [0, 0.05) is 5.69 Å². The topological polar surface area (TPSA) is 32.3 Å². The van der Waals surface area contributed by atoms with Crippen LogP contribution in [0.5, 0.6) is 0 Å². The van der Waals surface area contributed by atoms with Crippen molar-refractivity contribution in [3.05, 3.63) is 29.8 Å². The highest BCUT2D eigenvalue weighted by Gasteiger charge is 2.38. The van der Waals surface area contributed by atoms with Crippen molar-refractivity contribution < 1.29 is 5.11 Å². The molecule has 1 aromatic carbocycles. The molecule has 2 nitrogen and oxygen atoms in total. The van der Waals surface area contributed by atoms with Gasteiger partial charge in [0.05, 0.1) is 11.6 Å². The predicted molar refractivity (Wildman–Crippen MR) is 74.8 cm³/mol. The Morgan fingerprint density at radius 2 is 1.78 bits per heavy atom. The van der Waals surface area contributed by atoms with Crippen LogP contribution in [0, 0.1) is 0 Å². The van der Waals surface area contributed by atoms with Crippen molar-refractivity contribution in [3.63, 3.8) is 0 Å². The van der Waals surface area contributed by atoms with Gasteiger partial charge in [0.1, 0.15) is 0 Å². The number of nitrogens with one attached hydrogen (secondary N) is 1. The first-order chi connectivity index (χ1) is 8.78. The van der Waals surface area contributed by atoms with E-state index < -0.39 is 5.60 Å². The van der Waals surface area contributed by atoms with Gasteiger partial charge in [-0.15, -0.1) is 0 Å². The van der Waals surface area contributed by atoms with E-state index in [2.05, 4.69) is 29.6 Å². The summed E-state index contributed by atoms with van der Waals surface area (Å²) in [7, 11) is 0. The van der Waals surface area contributed by atoms with Crippen molar-refractivity contribution in [2.75, 3.05) is 5.32 Å². The zero-order valence-corrected chi connectivity index (χ0v) is 11.0. The van der Waals surface area contributed by atoms with Crippen molar-refractivity contribution in [1.82, 2.24) is 0 Å². The molecule has 1 saturated carbocycles. The molecule has 1 heterocycles. The van der Waals surface area contributed by atoms with Crippen LogP contribution in [0.25, 0.3) is 0 Å². The van der Waals surface area contributed by atoms with Crippen molar-refractivity contribution in [2.24, 2.45) is 0 Å². The first-order valence-corrected chi connectivity index (χ1v) is 7.35. The fourth-order valence-corrected chi connectivity index (χ4v) is 3.53. The van der Waals surface area contributed by atoms with Gasteiger partial charge in [-0.05, 0) is 37.3 Å². The predicted octanol–water partition coefficient (Wildman–Crippen LogP) is 3.50. The summed E-state index contributed by atoms with van der Waals surface area (Å²) in [5.74, 6) is 0. The molecule has 1 aliphatic carbocycles. The third-order valence-electron chi connectivity index (χ3n) is 4.67. The number of hydrogen-bond donors (Lipinski definition) is 2. The highest BCUT2D eigenvalue weighted by Crippen LogP contribution is 2.36. The van der Waals surface area contributed by atoms with Crippen LogP contribution in [0.4, 0.5) is 5.69 Å². The zero-order chi connectivity index (χ0) is 12.4. The average molecular weight is 245 g/mol. The van der Waals surface area contributed by atoms with Gasteiger partial charge in [-0.3, -0.25) is 0 Å². The summed E-state index contributed by atoms with van der Waals surface area (Å²) >= 11 is 0. The average Bonchev–Trinajstić information content (AvgIpc) is 2.64. The van der Waals surface area contributed by atoms with Crippen LogP contribution in [-0.4, -0.2) is 16.7 Å². The standard InChI is InChI=1S/C16H23NO/c18-16(11-5-1-2-6-12-16)15-10-9-13-7-3-4-8-14(13)17-15/h3-4,7-8,15,17-18H,1-2,5-6,9-12H2. The number of fused-ring (bicyclic) bond motifs is 1. The zero-order valence-electron chi connectivity index (χ0n) is 11.0. The molecule has 0 saturated heterocycles. The number of aryl methyl sites for hydroxylation is 1. The van der Waals surface area contributed by atoms with E-state index in [0.717, 1.165) is 25.7 Å². The van der Waals surface area contributed by atoms with Crippen molar-refractivity contribution >= 4 is 5.69 Å². The summed E-state index contributed by atoms with van der Waals surface area (Å²) < 4.78 is 0. The lowest BCUT2D eigenvalue weighted by Crippen LogP contribution is -2.48. The van der Waals surface area contributed by atoms with Crippen LogP contribution in [-0.2, 0) is 6.42 Å². The van der Waals surface area contributed by atoms with Crippen LogP contribution in [0.1, 0.15) is 50.5 Å². The molecule has 2 aliphatic rings. The molecule has 98 valence electrons. The molecule has 0 spiro atoms. The fraction of sp³-hybridized carbons (Fsp3) is 0.625. The van der Waals surface area contributed by atoms with Gasteiger partial charge >= 0.3 is 0 Å². The van der Waals surface area contributed by atoms with E-state index in [4.69, 9.17) is 0 Å². The minimum Gasteiger partial charge on any atom is -0.388 e. The minimum absolute atomic E-state index is 0.241. The summed E-state index contributed by atoms with van der Waals surface area (Å²) in [6, 6.07) is 8.74. The van der Waals surface area contributed by atoms with Crippen LogP contribution < -0.4 is 5.32 Å². The first kappa shape index (κ1) is 12.0. The maximum atomic E-state index is 10.9. The highest BCUT2D eigenvalue weighted by molar-refractivity contribution is 5.54. The third-order valence-corrected chi connectivity index (χ3v) is 4.67. The maximum absolute atomic E-state index is 10.9. The van der Waals surface area contributed by atoms with Crippen LogP contribution in [0.2, 0.25) is 0 Å². The summed E-state index contributed by atoms with van der Waals surface area (Å²) in [6.45, 7) is 0. The molecule has 1 unspecified atom stereocenters. The molecular formula is C16H23NO. The number of rotatable bonds is 1. The third kappa shape index (κ3) is 2.26. The van der Waals surface area contributed by atoms with Gasteiger partial charge in [0.15, 0.2) is 0 Å². The molecule has 0 radical (unpaired) electrons. The number of aliphatic hydroxyl groups is 1. The molecule has 2 heteroatoms. The summed E-state index contributed by atoms with van der Waals surface area (Å²) in [5, 5.41) is 14.5. The second-order valence-corrected chi connectivity index (χ2v) is 5.91. The van der Waals surface area contributed by atoms with Crippen LogP contribution >= 0.6 is 0 Å². The molecule has 1 atom stereocenters. The molecule has 0 amide bonds. The Hall–Kier alpha value is -1.02. The SMILES string of the molecule is OC1(C2CCc3ccccc3N2)CCCCCC1. The molecule has 18 heavy (non-hydrogen) atoms. The monoisotopic (exact) mass is 245 g/mol. The van der Waals surface area contributed by atoms with Crippen LogP contribution in [0.3, 0.4) is 0 Å². The Morgan fingerprint density at radius 1 is 1.06 bits per heavy atom. The molecule has 3 rings (SSSR count). The maximum Gasteiger partial charge on any atom is 0.0847 e. The van der Waals surface area contributed by atoms with E-state index in [1.165, 1.54) is 36.9 Å². The number of anilines is 1. The highest BCUT2D eigenvalue weighted by atomic mass is 16.3. The Balaban J connectivity index is 1.78. The second-order valence-electron chi connectivity index (χ2n) is 5.91. The Labute approximate surface area is 109 Å². The molecule has 1 aliphatic heterocycles. The normalized spacial score (nSPS) is 26.8. The molecule has 1 fully saturated rings. The smallest absolute Gasteiger partial charge is 0.0847 e.